The second-order valence-corrected chi connectivity index (χ2v) is 9.43. The van der Waals surface area contributed by atoms with Crippen LogP contribution in [0.4, 0.5) is 5.69 Å². The average Bonchev–Trinajstić information content (AvgIpc) is 2.78. The molecule has 0 aliphatic carbocycles. The molecule has 0 bridgehead atoms. The van der Waals surface area contributed by atoms with Crippen molar-refractivity contribution in [2.24, 2.45) is 0 Å². The maximum Gasteiger partial charge on any atom is 0.264 e. The van der Waals surface area contributed by atoms with Crippen LogP contribution in [0.2, 0.25) is 5.02 Å². The molecule has 3 aromatic rings. The van der Waals surface area contributed by atoms with E-state index in [0.717, 1.165) is 16.3 Å². The zero-order valence-electron chi connectivity index (χ0n) is 17.5. The Morgan fingerprint density at radius 3 is 2.19 bits per heavy atom. The number of carbonyl (C=O) groups is 1. The molecule has 1 atom stereocenters. The van der Waals surface area contributed by atoms with E-state index in [1.807, 2.05) is 31.2 Å². The lowest BCUT2D eigenvalue weighted by Gasteiger charge is -2.26. The minimum Gasteiger partial charge on any atom is -0.348 e. The number of rotatable bonds is 8. The molecule has 31 heavy (non-hydrogen) atoms. The number of hydrogen-bond acceptors (Lipinski definition) is 3. The van der Waals surface area contributed by atoms with Gasteiger partial charge in [-0.25, -0.2) is 8.42 Å². The van der Waals surface area contributed by atoms with Crippen LogP contribution in [-0.2, 0) is 21.2 Å². The Morgan fingerprint density at radius 2 is 1.58 bits per heavy atom. The molecule has 0 aromatic heterocycles. The maximum absolute atomic E-state index is 13.3. The van der Waals surface area contributed by atoms with Crippen molar-refractivity contribution in [3.63, 3.8) is 0 Å². The molecule has 1 N–H and O–H groups in total. The van der Waals surface area contributed by atoms with E-state index in [1.54, 1.807) is 42.5 Å². The number of hydrogen-bond donors (Lipinski definition) is 1. The Bertz CT molecular complexity index is 1130. The largest absolute Gasteiger partial charge is 0.348 e. The fourth-order valence-corrected chi connectivity index (χ4v) is 4.97. The van der Waals surface area contributed by atoms with Gasteiger partial charge in [-0.05, 0) is 48.7 Å². The van der Waals surface area contributed by atoms with E-state index in [0.29, 0.717) is 0 Å². The van der Waals surface area contributed by atoms with Crippen molar-refractivity contribution < 1.29 is 13.2 Å². The van der Waals surface area contributed by atoms with E-state index in [1.165, 1.54) is 17.7 Å². The zero-order valence-corrected chi connectivity index (χ0v) is 19.0. The summed E-state index contributed by atoms with van der Waals surface area (Å²) in [5.41, 5.74) is 2.41. The first-order valence-electron chi connectivity index (χ1n) is 10.0. The van der Waals surface area contributed by atoms with Crippen LogP contribution in [0, 0.1) is 0 Å². The second-order valence-electron chi connectivity index (χ2n) is 7.16. The molecule has 0 saturated carbocycles. The number of amides is 1. The van der Waals surface area contributed by atoms with Crippen molar-refractivity contribution in [2.45, 2.75) is 31.2 Å². The highest BCUT2D eigenvalue weighted by Gasteiger charge is 2.28. The summed E-state index contributed by atoms with van der Waals surface area (Å²) < 4.78 is 27.7. The van der Waals surface area contributed by atoms with E-state index < -0.39 is 22.5 Å². The van der Waals surface area contributed by atoms with E-state index in [-0.39, 0.29) is 21.6 Å². The van der Waals surface area contributed by atoms with E-state index >= 15 is 0 Å². The maximum atomic E-state index is 13.3. The third-order valence-corrected chi connectivity index (χ3v) is 7.10. The third kappa shape index (κ3) is 5.46. The monoisotopic (exact) mass is 456 g/mol. The Labute approximate surface area is 188 Å². The van der Waals surface area contributed by atoms with Gasteiger partial charge in [0.25, 0.3) is 10.0 Å². The smallest absolute Gasteiger partial charge is 0.264 e. The quantitative estimate of drug-likeness (QED) is 0.520. The first kappa shape index (κ1) is 22.8. The molecule has 0 heterocycles. The van der Waals surface area contributed by atoms with Gasteiger partial charge in [0.1, 0.15) is 6.54 Å². The van der Waals surface area contributed by atoms with Gasteiger partial charge >= 0.3 is 0 Å². The van der Waals surface area contributed by atoms with Crippen LogP contribution in [0.5, 0.6) is 0 Å². The number of para-hydroxylation sites is 1. The fourth-order valence-electron chi connectivity index (χ4n) is 3.22. The van der Waals surface area contributed by atoms with Gasteiger partial charge < -0.3 is 5.32 Å². The predicted molar refractivity (Wildman–Crippen MR) is 125 cm³/mol. The lowest BCUT2D eigenvalue weighted by atomic mass is 10.1. The van der Waals surface area contributed by atoms with Crippen molar-refractivity contribution in [3.8, 4) is 0 Å². The molecule has 0 radical (unpaired) electrons. The molecular weight excluding hydrogens is 432 g/mol. The predicted octanol–water partition coefficient (Wildman–Crippen LogP) is 4.98. The molecule has 0 aliphatic heterocycles. The molecule has 0 fully saturated rings. The van der Waals surface area contributed by atoms with E-state index in [2.05, 4.69) is 12.2 Å². The Balaban J connectivity index is 1.86. The topological polar surface area (TPSA) is 66.5 Å². The summed E-state index contributed by atoms with van der Waals surface area (Å²) >= 11 is 6.29. The van der Waals surface area contributed by atoms with Crippen molar-refractivity contribution in [3.05, 3.63) is 95.0 Å². The molecule has 162 valence electrons. The van der Waals surface area contributed by atoms with Gasteiger partial charge in [0.05, 0.1) is 21.6 Å². The van der Waals surface area contributed by atoms with Crippen molar-refractivity contribution in [2.75, 3.05) is 10.8 Å². The van der Waals surface area contributed by atoms with Crippen LogP contribution in [0.25, 0.3) is 0 Å². The van der Waals surface area contributed by atoms with Gasteiger partial charge in [0, 0.05) is 0 Å². The summed E-state index contributed by atoms with van der Waals surface area (Å²) in [5, 5.41) is 3.14. The minimum atomic E-state index is -3.99. The number of nitrogens with one attached hydrogen (secondary N) is 1. The highest BCUT2D eigenvalue weighted by atomic mass is 35.5. The molecule has 1 amide bonds. The summed E-state index contributed by atoms with van der Waals surface area (Å²) in [6.45, 7) is 3.55. The van der Waals surface area contributed by atoms with Crippen molar-refractivity contribution in [1.82, 2.24) is 5.32 Å². The van der Waals surface area contributed by atoms with Gasteiger partial charge in [-0.2, -0.15) is 0 Å². The van der Waals surface area contributed by atoms with E-state index in [4.69, 9.17) is 11.6 Å². The number of sulfonamides is 1. The number of aryl methyl sites for hydroxylation is 1. The first-order chi connectivity index (χ1) is 14.8. The lowest BCUT2D eigenvalue weighted by molar-refractivity contribution is -0.120. The lowest BCUT2D eigenvalue weighted by Crippen LogP contribution is -2.41. The average molecular weight is 457 g/mol. The number of carbonyl (C=O) groups excluding carboxylic acids is 1. The van der Waals surface area contributed by atoms with Gasteiger partial charge in [0.15, 0.2) is 0 Å². The Hall–Kier alpha value is -2.83. The number of benzene rings is 3. The minimum absolute atomic E-state index is 0.0888. The molecule has 1 unspecified atom stereocenters. The SMILES string of the molecule is CCc1ccc(C(C)NC(=O)CN(c2ccccc2Cl)S(=O)(=O)c2ccccc2)cc1. The summed E-state index contributed by atoms with van der Waals surface area (Å²) in [5.74, 6) is -0.425. The van der Waals surface area contributed by atoms with Crippen LogP contribution >= 0.6 is 11.6 Å². The summed E-state index contributed by atoms with van der Waals surface area (Å²) in [4.78, 5) is 13.0. The molecule has 0 spiro atoms. The molecule has 3 rings (SSSR count). The summed E-state index contributed by atoms with van der Waals surface area (Å²) in [6, 6.07) is 22.3. The fraction of sp³-hybridized carbons (Fsp3) is 0.208. The van der Waals surface area contributed by atoms with Crippen LogP contribution in [0.3, 0.4) is 0 Å². The third-order valence-electron chi connectivity index (χ3n) is 5.01. The molecule has 0 saturated heterocycles. The van der Waals surface area contributed by atoms with Gasteiger partial charge in [-0.1, -0.05) is 73.1 Å². The first-order valence-corrected chi connectivity index (χ1v) is 11.8. The summed E-state index contributed by atoms with van der Waals surface area (Å²) in [6.07, 6.45) is 0.936. The molecule has 5 nitrogen and oxygen atoms in total. The van der Waals surface area contributed by atoms with E-state index in [9.17, 15) is 13.2 Å². The normalized spacial score (nSPS) is 12.2. The molecular formula is C24H25ClN2O3S. The Kier molecular flexibility index (Phi) is 7.36. The number of halogens is 1. The van der Waals surface area contributed by atoms with Gasteiger partial charge in [-0.3, -0.25) is 9.10 Å². The van der Waals surface area contributed by atoms with Crippen LogP contribution in [-0.4, -0.2) is 20.9 Å². The highest BCUT2D eigenvalue weighted by molar-refractivity contribution is 7.92. The highest BCUT2D eigenvalue weighted by Crippen LogP contribution is 2.30. The van der Waals surface area contributed by atoms with Crippen LogP contribution in [0.15, 0.2) is 83.8 Å². The zero-order chi connectivity index (χ0) is 22.4. The second kappa shape index (κ2) is 9.98. The number of anilines is 1. The molecule has 3 aromatic carbocycles. The standard InChI is InChI=1S/C24H25ClN2O3S/c1-3-19-13-15-20(16-14-19)18(2)26-24(28)17-27(23-12-8-7-11-22(23)25)31(29,30)21-9-5-4-6-10-21/h4-16,18H,3,17H2,1-2H3,(H,26,28). The van der Waals surface area contributed by atoms with Gasteiger partial charge in [-0.15, -0.1) is 0 Å². The summed E-state index contributed by atoms with van der Waals surface area (Å²) in [7, 11) is -3.99. The van der Waals surface area contributed by atoms with Crippen LogP contribution in [0.1, 0.15) is 31.0 Å². The van der Waals surface area contributed by atoms with Gasteiger partial charge in [0.2, 0.25) is 5.91 Å². The van der Waals surface area contributed by atoms with Crippen molar-refractivity contribution in [1.29, 1.82) is 0 Å². The number of nitrogens with zero attached hydrogens (tertiary/aromatic N) is 1. The van der Waals surface area contributed by atoms with Crippen LogP contribution < -0.4 is 9.62 Å². The van der Waals surface area contributed by atoms with Crippen molar-refractivity contribution >= 4 is 33.2 Å². The molecule has 7 heteroatoms. The Morgan fingerprint density at radius 1 is 0.968 bits per heavy atom. The molecule has 0 aliphatic rings.